The number of carbonyl (C=O) groups is 2. The Morgan fingerprint density at radius 3 is 2.67 bits per heavy atom. The van der Waals surface area contributed by atoms with Crippen LogP contribution in [0.1, 0.15) is 12.5 Å². The fourth-order valence-corrected chi connectivity index (χ4v) is 2.31. The molecule has 0 aliphatic carbocycles. The van der Waals surface area contributed by atoms with E-state index in [4.69, 9.17) is 0 Å². The van der Waals surface area contributed by atoms with Gasteiger partial charge in [-0.15, -0.1) is 0 Å². The molecule has 0 bridgehead atoms. The van der Waals surface area contributed by atoms with Crippen LogP contribution in [0.3, 0.4) is 0 Å². The van der Waals surface area contributed by atoms with Crippen LogP contribution in [-0.4, -0.2) is 29.9 Å². The number of fused-ring (bicyclic) bond motifs is 1. The van der Waals surface area contributed by atoms with Gasteiger partial charge in [-0.3, -0.25) is 14.5 Å². The topological polar surface area (TPSA) is 49.4 Å². The third kappa shape index (κ3) is 3.15. The average molecular weight is 318 g/mol. The zero-order valence-corrected chi connectivity index (χ0v) is 12.1. The number of thioether (sulfide) groups is 1. The van der Waals surface area contributed by atoms with Gasteiger partial charge < -0.3 is 5.32 Å². The van der Waals surface area contributed by atoms with Crippen LogP contribution in [-0.2, 0) is 15.8 Å². The third-order valence-corrected chi connectivity index (χ3v) is 4.07. The number of nitrogens with one attached hydrogen (secondary N) is 1. The molecule has 4 nitrogen and oxygen atoms in total. The van der Waals surface area contributed by atoms with Crippen molar-refractivity contribution in [1.82, 2.24) is 0 Å². The second-order valence-electron chi connectivity index (χ2n) is 4.58. The van der Waals surface area contributed by atoms with Crippen molar-refractivity contribution in [3.63, 3.8) is 0 Å². The summed E-state index contributed by atoms with van der Waals surface area (Å²) in [5.74, 6) is -0.818. The second-order valence-corrected chi connectivity index (χ2v) is 5.76. The van der Waals surface area contributed by atoms with Gasteiger partial charge in [0.2, 0.25) is 11.8 Å². The van der Waals surface area contributed by atoms with Gasteiger partial charge in [0, 0.05) is 0 Å². The van der Waals surface area contributed by atoms with Gasteiger partial charge in [-0.25, -0.2) is 0 Å². The highest BCUT2D eigenvalue weighted by atomic mass is 32.2. The van der Waals surface area contributed by atoms with Gasteiger partial charge in [-0.2, -0.15) is 24.9 Å². The molecule has 0 saturated heterocycles. The van der Waals surface area contributed by atoms with E-state index in [1.165, 1.54) is 22.7 Å². The number of alkyl halides is 3. The van der Waals surface area contributed by atoms with E-state index in [-0.39, 0.29) is 29.1 Å². The van der Waals surface area contributed by atoms with E-state index in [9.17, 15) is 22.8 Å². The number of anilines is 2. The Bertz CT molecular complexity index is 589. The lowest BCUT2D eigenvalue weighted by Gasteiger charge is -2.31. The molecule has 1 heterocycles. The van der Waals surface area contributed by atoms with Gasteiger partial charge in [-0.1, -0.05) is 0 Å². The van der Waals surface area contributed by atoms with Gasteiger partial charge in [0.15, 0.2) is 0 Å². The molecule has 21 heavy (non-hydrogen) atoms. The smallest absolute Gasteiger partial charge is 0.323 e. The van der Waals surface area contributed by atoms with E-state index < -0.39 is 17.6 Å². The van der Waals surface area contributed by atoms with Crippen LogP contribution in [0.5, 0.6) is 0 Å². The van der Waals surface area contributed by atoms with Crippen LogP contribution < -0.4 is 10.2 Å². The molecule has 2 amide bonds. The van der Waals surface area contributed by atoms with Gasteiger partial charge in [0.05, 0.1) is 22.2 Å². The minimum Gasteiger partial charge on any atom is -0.323 e. The minimum atomic E-state index is -4.50. The molecule has 0 saturated carbocycles. The lowest BCUT2D eigenvalue weighted by atomic mass is 10.1. The van der Waals surface area contributed by atoms with Crippen LogP contribution >= 0.6 is 11.8 Å². The number of nitrogens with zero attached hydrogens (tertiary/aromatic N) is 1. The second kappa shape index (κ2) is 5.59. The van der Waals surface area contributed by atoms with E-state index in [0.717, 1.165) is 12.1 Å². The Kier molecular flexibility index (Phi) is 4.18. The molecule has 0 aromatic heterocycles. The van der Waals surface area contributed by atoms with E-state index in [0.29, 0.717) is 0 Å². The summed E-state index contributed by atoms with van der Waals surface area (Å²) in [7, 11) is 0. The van der Waals surface area contributed by atoms with E-state index in [1.54, 1.807) is 13.2 Å². The largest absolute Gasteiger partial charge is 0.416 e. The first kappa shape index (κ1) is 15.7. The van der Waals surface area contributed by atoms with Crippen molar-refractivity contribution in [3.05, 3.63) is 23.8 Å². The molecule has 2 rings (SSSR count). The third-order valence-electron chi connectivity index (χ3n) is 3.16. The first-order chi connectivity index (χ1) is 9.74. The Labute approximate surface area is 123 Å². The first-order valence-corrected chi connectivity index (χ1v) is 7.38. The lowest BCUT2D eigenvalue weighted by Crippen LogP contribution is -2.45. The molecule has 1 N–H and O–H groups in total. The lowest BCUT2D eigenvalue weighted by molar-refractivity contribution is -0.137. The van der Waals surface area contributed by atoms with Gasteiger partial charge in [-0.05, 0) is 31.4 Å². The molecular formula is C13H13F3N2O2S. The molecule has 1 aromatic rings. The normalized spacial score (nSPS) is 16.2. The molecule has 1 aromatic carbocycles. The highest BCUT2D eigenvalue weighted by molar-refractivity contribution is 7.99. The molecule has 0 spiro atoms. The minimum absolute atomic E-state index is 0.00253. The molecule has 1 aliphatic heterocycles. The summed E-state index contributed by atoms with van der Waals surface area (Å²) >= 11 is 1.31. The van der Waals surface area contributed by atoms with Crippen LogP contribution in [0.2, 0.25) is 0 Å². The van der Waals surface area contributed by atoms with Crippen molar-refractivity contribution in [2.45, 2.75) is 18.3 Å². The molecular weight excluding hydrogens is 305 g/mol. The van der Waals surface area contributed by atoms with Crippen molar-refractivity contribution >= 4 is 35.0 Å². The van der Waals surface area contributed by atoms with Gasteiger partial charge >= 0.3 is 6.18 Å². The maximum absolute atomic E-state index is 12.7. The Morgan fingerprint density at radius 1 is 1.43 bits per heavy atom. The summed E-state index contributed by atoms with van der Waals surface area (Å²) in [6.07, 6.45) is -2.75. The predicted octanol–water partition coefficient (Wildman–Crippen LogP) is 2.74. The molecule has 1 atom stereocenters. The molecule has 0 fully saturated rings. The maximum atomic E-state index is 12.7. The van der Waals surface area contributed by atoms with Crippen LogP contribution in [0.4, 0.5) is 24.5 Å². The van der Waals surface area contributed by atoms with Crippen molar-refractivity contribution in [2.75, 3.05) is 23.0 Å². The molecule has 114 valence electrons. The Morgan fingerprint density at radius 2 is 2.10 bits per heavy atom. The highest BCUT2D eigenvalue weighted by Crippen LogP contribution is 2.37. The Balaban J connectivity index is 2.43. The number of amides is 2. The molecule has 0 radical (unpaired) electrons. The van der Waals surface area contributed by atoms with E-state index >= 15 is 0 Å². The van der Waals surface area contributed by atoms with Gasteiger partial charge in [0.1, 0.15) is 6.54 Å². The Hall–Kier alpha value is -1.70. The number of benzene rings is 1. The van der Waals surface area contributed by atoms with Crippen LogP contribution in [0.15, 0.2) is 18.2 Å². The van der Waals surface area contributed by atoms with E-state index in [2.05, 4.69) is 5.32 Å². The first-order valence-electron chi connectivity index (χ1n) is 6.09. The summed E-state index contributed by atoms with van der Waals surface area (Å²) in [6, 6.07) is 2.96. The monoisotopic (exact) mass is 318 g/mol. The highest BCUT2D eigenvalue weighted by Gasteiger charge is 2.34. The molecule has 8 heteroatoms. The maximum Gasteiger partial charge on any atom is 0.416 e. The fraction of sp³-hybridized carbons (Fsp3) is 0.385. The molecule has 1 aliphatic rings. The van der Waals surface area contributed by atoms with Crippen molar-refractivity contribution < 1.29 is 22.8 Å². The summed E-state index contributed by atoms with van der Waals surface area (Å²) < 4.78 is 38.1. The van der Waals surface area contributed by atoms with Crippen LogP contribution in [0.25, 0.3) is 0 Å². The number of hydrogen-bond donors (Lipinski definition) is 1. The number of halogens is 3. The van der Waals surface area contributed by atoms with Crippen molar-refractivity contribution in [3.8, 4) is 0 Å². The number of hydrogen-bond acceptors (Lipinski definition) is 3. The number of rotatable bonds is 2. The van der Waals surface area contributed by atoms with Crippen molar-refractivity contribution in [1.29, 1.82) is 0 Å². The zero-order valence-electron chi connectivity index (χ0n) is 11.3. The molecule has 1 unspecified atom stereocenters. The fourth-order valence-electron chi connectivity index (χ4n) is 1.98. The summed E-state index contributed by atoms with van der Waals surface area (Å²) in [5.41, 5.74) is -0.579. The number of carbonyl (C=O) groups excluding carboxylic acids is 2. The van der Waals surface area contributed by atoms with Crippen LogP contribution in [0, 0.1) is 0 Å². The standard InChI is InChI=1S/C13H13F3N2O2S/c1-7(21-2)12(20)18-6-11(19)17-9-5-8(13(14,15)16)3-4-10(9)18/h3-5,7H,6H2,1-2H3,(H,17,19). The summed E-state index contributed by atoms with van der Waals surface area (Å²) in [5, 5.41) is 1.99. The van der Waals surface area contributed by atoms with E-state index in [1.807, 2.05) is 0 Å². The van der Waals surface area contributed by atoms with Crippen molar-refractivity contribution in [2.24, 2.45) is 0 Å². The quantitative estimate of drug-likeness (QED) is 0.912. The summed E-state index contributed by atoms with van der Waals surface area (Å²) in [4.78, 5) is 25.1. The van der Waals surface area contributed by atoms with Gasteiger partial charge in [0.25, 0.3) is 0 Å². The average Bonchev–Trinajstić information content (AvgIpc) is 2.43. The SMILES string of the molecule is CSC(C)C(=O)N1CC(=O)Nc2cc(C(F)(F)F)ccc21. The zero-order chi connectivity index (χ0) is 15.8. The predicted molar refractivity (Wildman–Crippen MR) is 75.4 cm³/mol. The summed E-state index contributed by atoms with van der Waals surface area (Å²) in [6.45, 7) is 1.49.